The predicted octanol–water partition coefficient (Wildman–Crippen LogP) is 3.90. The molecule has 0 spiro atoms. The summed E-state index contributed by atoms with van der Waals surface area (Å²) in [7, 11) is 1.60. The number of halogens is 1. The summed E-state index contributed by atoms with van der Waals surface area (Å²) in [6.07, 6.45) is 1.56. The van der Waals surface area contributed by atoms with E-state index in [-0.39, 0.29) is 0 Å². The Hall–Kier alpha value is -2.33. The molecule has 0 unspecified atom stereocenters. The summed E-state index contributed by atoms with van der Waals surface area (Å²) < 4.78 is 5.15. The van der Waals surface area contributed by atoms with Crippen molar-refractivity contribution in [3.8, 4) is 5.75 Å². The van der Waals surface area contributed by atoms with Crippen LogP contribution >= 0.6 is 11.6 Å². The summed E-state index contributed by atoms with van der Waals surface area (Å²) in [5.74, 6) is 1.49. The highest BCUT2D eigenvalue weighted by Gasteiger charge is 2.04. The number of methoxy groups -OCH3 is 1. The Labute approximate surface area is 127 Å². The fourth-order valence-electron chi connectivity index (χ4n) is 2.15. The first kappa shape index (κ1) is 13.6. The second-order valence-electron chi connectivity index (χ2n) is 4.56. The van der Waals surface area contributed by atoms with E-state index < -0.39 is 0 Å². The summed E-state index contributed by atoms with van der Waals surface area (Å²) in [6, 6.07) is 13.6. The highest BCUT2D eigenvalue weighted by Crippen LogP contribution is 2.25. The van der Waals surface area contributed by atoms with Crippen molar-refractivity contribution < 1.29 is 4.74 Å². The minimum atomic E-state index is 0.601. The van der Waals surface area contributed by atoms with Crippen LogP contribution in [0.15, 0.2) is 48.8 Å². The molecular formula is C16H14ClN3O. The molecule has 0 amide bonds. The van der Waals surface area contributed by atoms with Crippen LogP contribution in [0.25, 0.3) is 10.9 Å². The van der Waals surface area contributed by atoms with Gasteiger partial charge in [0.05, 0.1) is 17.6 Å². The third-order valence-electron chi connectivity index (χ3n) is 3.22. The average Bonchev–Trinajstić information content (AvgIpc) is 2.53. The quantitative estimate of drug-likeness (QED) is 0.793. The van der Waals surface area contributed by atoms with Crippen LogP contribution in [0.5, 0.6) is 5.75 Å². The van der Waals surface area contributed by atoms with Gasteiger partial charge in [-0.25, -0.2) is 9.97 Å². The Balaban J connectivity index is 1.82. The van der Waals surface area contributed by atoms with Crippen LogP contribution in [0, 0.1) is 0 Å². The molecule has 0 bridgehead atoms. The van der Waals surface area contributed by atoms with E-state index in [1.807, 2.05) is 42.5 Å². The number of rotatable bonds is 4. The summed E-state index contributed by atoms with van der Waals surface area (Å²) in [5, 5.41) is 4.92. The molecule has 1 heterocycles. The number of fused-ring (bicyclic) bond motifs is 1. The van der Waals surface area contributed by atoms with Crippen LogP contribution in [0.4, 0.5) is 5.82 Å². The van der Waals surface area contributed by atoms with Crippen molar-refractivity contribution in [2.45, 2.75) is 6.54 Å². The zero-order valence-corrected chi connectivity index (χ0v) is 12.3. The molecule has 0 aliphatic rings. The van der Waals surface area contributed by atoms with Gasteiger partial charge in [0.1, 0.15) is 17.9 Å². The van der Waals surface area contributed by atoms with E-state index in [4.69, 9.17) is 16.3 Å². The molecule has 3 rings (SSSR count). The van der Waals surface area contributed by atoms with Crippen LogP contribution in [0.2, 0.25) is 5.02 Å². The summed E-state index contributed by atoms with van der Waals surface area (Å²) in [4.78, 5) is 8.54. The number of nitrogens with one attached hydrogen (secondary N) is 1. The second-order valence-corrected chi connectivity index (χ2v) is 4.97. The van der Waals surface area contributed by atoms with Crippen molar-refractivity contribution >= 4 is 28.3 Å². The minimum Gasteiger partial charge on any atom is -0.495 e. The molecule has 2 aromatic carbocycles. The molecule has 4 nitrogen and oxygen atoms in total. The lowest BCUT2D eigenvalue weighted by molar-refractivity contribution is 0.415. The standard InChI is InChI=1S/C16H14ClN3O/c1-21-15-7-6-11(8-13(15)17)9-18-16-12-4-2-3-5-14(12)19-10-20-16/h2-8,10H,9H2,1H3,(H,18,19,20). The summed E-state index contributed by atoms with van der Waals surface area (Å²) >= 11 is 6.13. The number of nitrogens with zero attached hydrogens (tertiary/aromatic N) is 2. The van der Waals surface area contributed by atoms with Gasteiger partial charge in [-0.3, -0.25) is 0 Å². The van der Waals surface area contributed by atoms with Crippen molar-refractivity contribution in [3.63, 3.8) is 0 Å². The van der Waals surface area contributed by atoms with E-state index in [0.29, 0.717) is 17.3 Å². The Morgan fingerprint density at radius 1 is 1.14 bits per heavy atom. The number of para-hydroxylation sites is 1. The van der Waals surface area contributed by atoms with E-state index >= 15 is 0 Å². The van der Waals surface area contributed by atoms with Crippen molar-refractivity contribution in [1.29, 1.82) is 0 Å². The van der Waals surface area contributed by atoms with Crippen LogP contribution < -0.4 is 10.1 Å². The van der Waals surface area contributed by atoms with Crippen LogP contribution in [-0.2, 0) is 6.54 Å². The Morgan fingerprint density at radius 3 is 2.81 bits per heavy atom. The molecule has 0 fully saturated rings. The van der Waals surface area contributed by atoms with Gasteiger partial charge in [-0.1, -0.05) is 29.8 Å². The number of anilines is 1. The Kier molecular flexibility index (Phi) is 3.88. The Morgan fingerprint density at radius 2 is 2.00 bits per heavy atom. The van der Waals surface area contributed by atoms with Gasteiger partial charge in [0.15, 0.2) is 0 Å². The van der Waals surface area contributed by atoms with Crippen LogP contribution in [0.1, 0.15) is 5.56 Å². The molecule has 0 atom stereocenters. The van der Waals surface area contributed by atoms with Crippen LogP contribution in [-0.4, -0.2) is 17.1 Å². The predicted molar refractivity (Wildman–Crippen MR) is 84.9 cm³/mol. The monoisotopic (exact) mass is 299 g/mol. The fraction of sp³-hybridized carbons (Fsp3) is 0.125. The first-order chi connectivity index (χ1) is 10.3. The molecule has 0 aliphatic carbocycles. The second kappa shape index (κ2) is 5.97. The van der Waals surface area contributed by atoms with Gasteiger partial charge in [0, 0.05) is 11.9 Å². The number of aromatic nitrogens is 2. The maximum atomic E-state index is 6.13. The number of ether oxygens (including phenoxy) is 1. The van der Waals surface area contributed by atoms with Gasteiger partial charge < -0.3 is 10.1 Å². The van der Waals surface area contributed by atoms with Crippen molar-refractivity contribution in [1.82, 2.24) is 9.97 Å². The molecule has 0 aliphatic heterocycles. The highest BCUT2D eigenvalue weighted by molar-refractivity contribution is 6.32. The van der Waals surface area contributed by atoms with E-state index in [1.165, 1.54) is 0 Å². The van der Waals surface area contributed by atoms with Crippen molar-refractivity contribution in [2.24, 2.45) is 0 Å². The zero-order chi connectivity index (χ0) is 14.7. The number of hydrogen-bond acceptors (Lipinski definition) is 4. The molecule has 1 aromatic heterocycles. The maximum absolute atomic E-state index is 6.13. The molecule has 5 heteroatoms. The van der Waals surface area contributed by atoms with Gasteiger partial charge >= 0.3 is 0 Å². The van der Waals surface area contributed by atoms with Crippen LogP contribution in [0.3, 0.4) is 0 Å². The normalized spacial score (nSPS) is 10.6. The zero-order valence-electron chi connectivity index (χ0n) is 11.5. The largest absolute Gasteiger partial charge is 0.495 e. The smallest absolute Gasteiger partial charge is 0.137 e. The molecule has 1 N–H and O–H groups in total. The number of hydrogen-bond donors (Lipinski definition) is 1. The van der Waals surface area contributed by atoms with Gasteiger partial charge in [-0.15, -0.1) is 0 Å². The minimum absolute atomic E-state index is 0.601. The lowest BCUT2D eigenvalue weighted by Gasteiger charge is -2.09. The van der Waals surface area contributed by atoms with E-state index in [9.17, 15) is 0 Å². The highest BCUT2D eigenvalue weighted by atomic mass is 35.5. The molecule has 21 heavy (non-hydrogen) atoms. The first-order valence-corrected chi connectivity index (χ1v) is 6.92. The molecule has 3 aromatic rings. The van der Waals surface area contributed by atoms with Gasteiger partial charge in [0.2, 0.25) is 0 Å². The van der Waals surface area contributed by atoms with Gasteiger partial charge in [-0.2, -0.15) is 0 Å². The third-order valence-corrected chi connectivity index (χ3v) is 3.51. The molecule has 0 saturated carbocycles. The van der Waals surface area contributed by atoms with E-state index in [1.54, 1.807) is 13.4 Å². The number of benzene rings is 2. The maximum Gasteiger partial charge on any atom is 0.137 e. The van der Waals surface area contributed by atoms with Crippen molar-refractivity contribution in [2.75, 3.05) is 12.4 Å². The van der Waals surface area contributed by atoms with Gasteiger partial charge in [-0.05, 0) is 29.8 Å². The summed E-state index contributed by atoms with van der Waals surface area (Å²) in [6.45, 7) is 0.630. The van der Waals surface area contributed by atoms with E-state index in [2.05, 4.69) is 15.3 Å². The molecule has 0 radical (unpaired) electrons. The van der Waals surface area contributed by atoms with E-state index in [0.717, 1.165) is 22.3 Å². The first-order valence-electron chi connectivity index (χ1n) is 6.54. The lowest BCUT2D eigenvalue weighted by atomic mass is 10.2. The topological polar surface area (TPSA) is 47.0 Å². The van der Waals surface area contributed by atoms with Crippen molar-refractivity contribution in [3.05, 3.63) is 59.4 Å². The molecular weight excluding hydrogens is 286 g/mol. The lowest BCUT2D eigenvalue weighted by Crippen LogP contribution is -2.02. The third kappa shape index (κ3) is 2.90. The average molecular weight is 300 g/mol. The summed E-state index contributed by atoms with van der Waals surface area (Å²) in [5.41, 5.74) is 1.98. The molecule has 106 valence electrons. The molecule has 0 saturated heterocycles. The Bertz CT molecular complexity index is 771. The fourth-order valence-corrected chi connectivity index (χ4v) is 2.43. The van der Waals surface area contributed by atoms with Gasteiger partial charge in [0.25, 0.3) is 0 Å². The SMILES string of the molecule is COc1ccc(CNc2ncnc3ccccc23)cc1Cl.